The second kappa shape index (κ2) is 9.42. The third-order valence-electron chi connectivity index (χ3n) is 4.94. The first-order valence-electron chi connectivity index (χ1n) is 9.46. The smallest absolute Gasteiger partial charge is 0.253 e. The first-order valence-corrected chi connectivity index (χ1v) is 10.2. The zero-order valence-corrected chi connectivity index (χ0v) is 16.9. The van der Waals surface area contributed by atoms with Gasteiger partial charge in [-0.2, -0.15) is 10.1 Å². The summed E-state index contributed by atoms with van der Waals surface area (Å²) in [4.78, 5) is 16.9. The highest BCUT2D eigenvalue weighted by atomic mass is 35.5. The van der Waals surface area contributed by atoms with Crippen molar-refractivity contribution in [1.29, 1.82) is 0 Å². The van der Waals surface area contributed by atoms with E-state index >= 15 is 0 Å². The van der Waals surface area contributed by atoms with Crippen molar-refractivity contribution >= 4 is 35.1 Å². The number of carbonyl (C=O) groups is 1. The Balaban J connectivity index is 1.43. The Morgan fingerprint density at radius 1 is 1.26 bits per heavy atom. The average Bonchev–Trinajstić information content (AvgIpc) is 3.11. The molecule has 27 heavy (non-hydrogen) atoms. The Bertz CT molecular complexity index is 771. The fourth-order valence-electron chi connectivity index (χ4n) is 3.41. The quantitative estimate of drug-likeness (QED) is 0.629. The summed E-state index contributed by atoms with van der Waals surface area (Å²) in [5.41, 5.74) is 0.432. The molecule has 0 unspecified atom stereocenters. The number of aryl methyl sites for hydroxylation is 1. The van der Waals surface area contributed by atoms with Crippen LogP contribution in [-0.2, 0) is 6.42 Å². The molecule has 1 aliphatic rings. The number of hydrogen-bond donors (Lipinski definition) is 3. The second-order valence-corrected chi connectivity index (χ2v) is 7.81. The van der Waals surface area contributed by atoms with Crippen molar-refractivity contribution in [3.8, 4) is 0 Å². The molecule has 1 aliphatic carbocycles. The average molecular weight is 410 g/mol. The van der Waals surface area contributed by atoms with Crippen molar-refractivity contribution in [3.63, 3.8) is 0 Å². The van der Waals surface area contributed by atoms with Gasteiger partial charge < -0.3 is 10.6 Å². The molecule has 3 N–H and O–H groups in total. The number of benzene rings is 1. The van der Waals surface area contributed by atoms with Gasteiger partial charge in [-0.3, -0.25) is 4.79 Å². The summed E-state index contributed by atoms with van der Waals surface area (Å²) in [6.07, 6.45) is 5.93. The summed E-state index contributed by atoms with van der Waals surface area (Å²) in [5.74, 6) is 2.00. The number of H-pyrrole nitrogens is 1. The molecule has 0 bridgehead atoms. The standard InChI is InChI=1S/C19H25Cl2N5O/c1-2-4-16-24-19(26-25-16)22-11-12-7-9-13(10-8-12)23-18(27)14-5-3-6-15(20)17(14)21/h3,5-6,12-13H,2,4,7-11H2,1H3,(H,23,27)(H2,22,24,25,26). The minimum atomic E-state index is -0.158. The third-order valence-corrected chi connectivity index (χ3v) is 5.76. The van der Waals surface area contributed by atoms with Crippen LogP contribution in [0.25, 0.3) is 0 Å². The second-order valence-electron chi connectivity index (χ2n) is 7.02. The molecule has 3 rings (SSSR count). The monoisotopic (exact) mass is 409 g/mol. The SMILES string of the molecule is CCCc1n[nH]c(NCC2CCC(NC(=O)c3cccc(Cl)c3Cl)CC2)n1. The van der Waals surface area contributed by atoms with Gasteiger partial charge >= 0.3 is 0 Å². The van der Waals surface area contributed by atoms with Crippen LogP contribution in [0.3, 0.4) is 0 Å². The number of nitrogens with zero attached hydrogens (tertiary/aromatic N) is 2. The van der Waals surface area contributed by atoms with Gasteiger partial charge in [0, 0.05) is 19.0 Å². The molecule has 0 radical (unpaired) electrons. The van der Waals surface area contributed by atoms with E-state index in [-0.39, 0.29) is 11.9 Å². The maximum Gasteiger partial charge on any atom is 0.253 e. The fourth-order valence-corrected chi connectivity index (χ4v) is 3.79. The van der Waals surface area contributed by atoms with Crippen molar-refractivity contribution in [3.05, 3.63) is 39.6 Å². The lowest BCUT2D eigenvalue weighted by Crippen LogP contribution is -2.38. The molecule has 0 atom stereocenters. The summed E-state index contributed by atoms with van der Waals surface area (Å²) in [7, 11) is 0. The summed E-state index contributed by atoms with van der Waals surface area (Å²) >= 11 is 12.1. The van der Waals surface area contributed by atoms with Gasteiger partial charge in [0.05, 0.1) is 15.6 Å². The molecule has 0 saturated heterocycles. The van der Waals surface area contributed by atoms with E-state index in [0.717, 1.165) is 56.8 Å². The maximum atomic E-state index is 12.4. The Kier molecular flexibility index (Phi) is 6.96. The zero-order valence-electron chi connectivity index (χ0n) is 15.4. The number of aromatic nitrogens is 3. The molecule has 1 aromatic heterocycles. The van der Waals surface area contributed by atoms with E-state index < -0.39 is 0 Å². The molecule has 146 valence electrons. The number of rotatable bonds is 7. The van der Waals surface area contributed by atoms with E-state index in [4.69, 9.17) is 23.2 Å². The van der Waals surface area contributed by atoms with Crippen molar-refractivity contribution < 1.29 is 4.79 Å². The first kappa shape index (κ1) is 20.0. The Morgan fingerprint density at radius 2 is 2.04 bits per heavy atom. The van der Waals surface area contributed by atoms with Gasteiger partial charge in [-0.15, -0.1) is 0 Å². The normalized spacial score (nSPS) is 19.7. The van der Waals surface area contributed by atoms with Crippen LogP contribution < -0.4 is 10.6 Å². The van der Waals surface area contributed by atoms with Crippen LogP contribution in [0, 0.1) is 5.92 Å². The number of amides is 1. The number of anilines is 1. The molecule has 0 aliphatic heterocycles. The number of aromatic amines is 1. The van der Waals surface area contributed by atoms with Crippen molar-refractivity contribution in [2.75, 3.05) is 11.9 Å². The van der Waals surface area contributed by atoms with Crippen LogP contribution in [0.15, 0.2) is 18.2 Å². The number of halogens is 2. The van der Waals surface area contributed by atoms with Gasteiger partial charge in [0.15, 0.2) is 5.82 Å². The van der Waals surface area contributed by atoms with E-state index in [1.165, 1.54) is 0 Å². The van der Waals surface area contributed by atoms with Gasteiger partial charge in [-0.25, -0.2) is 5.10 Å². The molecule has 0 spiro atoms. The molecule has 6 nitrogen and oxygen atoms in total. The van der Waals surface area contributed by atoms with E-state index in [1.807, 2.05) is 0 Å². The summed E-state index contributed by atoms with van der Waals surface area (Å²) in [5, 5.41) is 14.3. The highest BCUT2D eigenvalue weighted by molar-refractivity contribution is 6.43. The number of carbonyl (C=O) groups excluding carboxylic acids is 1. The largest absolute Gasteiger partial charge is 0.354 e. The van der Waals surface area contributed by atoms with Crippen LogP contribution in [0.2, 0.25) is 10.0 Å². The van der Waals surface area contributed by atoms with Crippen molar-refractivity contribution in [2.24, 2.45) is 5.92 Å². The number of nitrogens with one attached hydrogen (secondary N) is 3. The van der Waals surface area contributed by atoms with Gasteiger partial charge in [0.25, 0.3) is 5.91 Å². The van der Waals surface area contributed by atoms with Gasteiger partial charge in [-0.1, -0.05) is 36.2 Å². The third kappa shape index (κ3) is 5.36. The van der Waals surface area contributed by atoms with E-state index in [2.05, 4.69) is 32.7 Å². The molecular formula is C19H25Cl2N5O. The predicted molar refractivity (Wildman–Crippen MR) is 109 cm³/mol. The highest BCUT2D eigenvalue weighted by Gasteiger charge is 2.24. The van der Waals surface area contributed by atoms with Gasteiger partial charge in [0.2, 0.25) is 5.95 Å². The van der Waals surface area contributed by atoms with E-state index in [0.29, 0.717) is 21.5 Å². The van der Waals surface area contributed by atoms with Crippen LogP contribution in [0.1, 0.15) is 55.2 Å². The molecule has 1 heterocycles. The molecule has 1 saturated carbocycles. The molecule has 1 aromatic carbocycles. The first-order chi connectivity index (χ1) is 13.1. The molecule has 1 fully saturated rings. The molecular weight excluding hydrogens is 385 g/mol. The van der Waals surface area contributed by atoms with Crippen LogP contribution >= 0.6 is 23.2 Å². The lowest BCUT2D eigenvalue weighted by atomic mass is 9.86. The lowest BCUT2D eigenvalue weighted by molar-refractivity contribution is 0.0923. The number of hydrogen-bond acceptors (Lipinski definition) is 4. The van der Waals surface area contributed by atoms with Crippen LogP contribution in [0.5, 0.6) is 0 Å². The maximum absolute atomic E-state index is 12.4. The fraction of sp³-hybridized carbons (Fsp3) is 0.526. The summed E-state index contributed by atoms with van der Waals surface area (Å²) in [6, 6.07) is 5.29. The Labute approximate surface area is 169 Å². The minimum absolute atomic E-state index is 0.158. The Morgan fingerprint density at radius 3 is 2.78 bits per heavy atom. The van der Waals surface area contributed by atoms with Crippen molar-refractivity contribution in [2.45, 2.75) is 51.5 Å². The summed E-state index contributed by atoms with van der Waals surface area (Å²) in [6.45, 7) is 2.97. The van der Waals surface area contributed by atoms with Crippen LogP contribution in [-0.4, -0.2) is 33.7 Å². The Hall–Kier alpha value is -1.79. The highest BCUT2D eigenvalue weighted by Crippen LogP contribution is 2.27. The lowest BCUT2D eigenvalue weighted by Gasteiger charge is -2.29. The summed E-state index contributed by atoms with van der Waals surface area (Å²) < 4.78 is 0. The predicted octanol–water partition coefficient (Wildman–Crippen LogP) is 4.46. The van der Waals surface area contributed by atoms with Crippen molar-refractivity contribution in [1.82, 2.24) is 20.5 Å². The zero-order chi connectivity index (χ0) is 19.2. The van der Waals surface area contributed by atoms with Crippen LogP contribution in [0.4, 0.5) is 5.95 Å². The van der Waals surface area contributed by atoms with E-state index in [9.17, 15) is 4.79 Å². The van der Waals surface area contributed by atoms with Gasteiger partial charge in [-0.05, 0) is 50.2 Å². The van der Waals surface area contributed by atoms with Gasteiger partial charge in [0.1, 0.15) is 0 Å². The minimum Gasteiger partial charge on any atom is -0.354 e. The topological polar surface area (TPSA) is 82.7 Å². The molecule has 2 aromatic rings. The molecule has 8 heteroatoms. The molecule has 1 amide bonds. The van der Waals surface area contributed by atoms with E-state index in [1.54, 1.807) is 18.2 Å².